The fraction of sp³-hybridized carbons (Fsp3) is 1.00. The van der Waals surface area contributed by atoms with Gasteiger partial charge in [-0.2, -0.15) is 0 Å². The Morgan fingerprint density at radius 2 is 2.29 bits per heavy atom. The number of β-amino-alcohol motifs (C(OH)–C–C–N with tert-alkyl or cyclic N) is 1. The first-order valence-electron chi connectivity index (χ1n) is 2.29. The number of aliphatic hydroxyl groups is 1. The Kier molecular flexibility index (Phi) is 1.25. The normalized spacial score (nSPS) is 24.9. The molecule has 0 amide bonds. The lowest BCUT2D eigenvalue weighted by molar-refractivity contribution is -0.0209. The van der Waals surface area contributed by atoms with E-state index in [1.54, 1.807) is 0 Å². The van der Waals surface area contributed by atoms with Gasteiger partial charge in [-0.1, -0.05) is 0 Å². The smallest absolute Gasteiger partial charge is 0.143 e. The molecular weight excluding hydrogens is 97.0 g/mol. The predicted octanol–water partition coefficient (Wildman–Crippen LogP) is -0.410. The third-order valence-electron chi connectivity index (χ3n) is 1.11. The molecule has 1 aliphatic heterocycles. The van der Waals surface area contributed by atoms with E-state index in [4.69, 9.17) is 5.11 Å². The van der Waals surface area contributed by atoms with Crippen LogP contribution in [-0.2, 0) is 0 Å². The molecule has 0 unspecified atom stereocenters. The third-order valence-corrected chi connectivity index (χ3v) is 1.11. The maximum absolute atomic E-state index is 11.4. The molecule has 1 N–H and O–H groups in total. The van der Waals surface area contributed by atoms with Crippen LogP contribution >= 0.6 is 0 Å². The van der Waals surface area contributed by atoms with Crippen molar-refractivity contribution in [3.05, 3.63) is 0 Å². The lowest BCUT2D eigenvalue weighted by Gasteiger charge is -2.32. The third kappa shape index (κ3) is 0.894. The summed E-state index contributed by atoms with van der Waals surface area (Å²) in [6.07, 6.45) is -0.268. The van der Waals surface area contributed by atoms with Gasteiger partial charge in [-0.05, 0) is 0 Å². The molecule has 0 aromatic rings. The number of aliphatic hydroxyl groups excluding tert-OH is 1. The van der Waals surface area contributed by atoms with E-state index < -0.39 is 6.80 Å². The summed E-state index contributed by atoms with van der Waals surface area (Å²) in [5, 5.41) is 8.54. The summed E-state index contributed by atoms with van der Waals surface area (Å²) in [5.41, 5.74) is 0. The van der Waals surface area contributed by atoms with Crippen molar-refractivity contribution in [2.45, 2.75) is 6.10 Å². The zero-order valence-electron chi connectivity index (χ0n) is 3.97. The van der Waals surface area contributed by atoms with E-state index in [-0.39, 0.29) is 6.10 Å². The van der Waals surface area contributed by atoms with Gasteiger partial charge < -0.3 is 5.11 Å². The molecule has 0 aliphatic carbocycles. The fourth-order valence-corrected chi connectivity index (χ4v) is 0.640. The minimum atomic E-state index is -0.420. The molecular formula is C4H8FNO. The van der Waals surface area contributed by atoms with E-state index in [0.29, 0.717) is 13.1 Å². The molecule has 2 nitrogen and oxygen atoms in total. The average Bonchev–Trinajstić information content (AvgIpc) is 1.58. The first kappa shape index (κ1) is 5.00. The summed E-state index contributed by atoms with van der Waals surface area (Å²) >= 11 is 0. The van der Waals surface area contributed by atoms with Crippen LogP contribution in [0, 0.1) is 0 Å². The SMILES string of the molecule is OC1CN(CF)C1. The lowest BCUT2D eigenvalue weighted by Crippen LogP contribution is -2.49. The van der Waals surface area contributed by atoms with Crippen molar-refractivity contribution >= 4 is 0 Å². The van der Waals surface area contributed by atoms with E-state index in [0.717, 1.165) is 0 Å². The van der Waals surface area contributed by atoms with E-state index in [1.807, 2.05) is 0 Å². The highest BCUT2D eigenvalue weighted by molar-refractivity contribution is 4.75. The highest BCUT2D eigenvalue weighted by atomic mass is 19.1. The molecule has 0 aromatic heterocycles. The van der Waals surface area contributed by atoms with Gasteiger partial charge in [0, 0.05) is 13.1 Å². The van der Waals surface area contributed by atoms with Gasteiger partial charge in [0.25, 0.3) is 0 Å². The van der Waals surface area contributed by atoms with Gasteiger partial charge in [0.05, 0.1) is 6.10 Å². The van der Waals surface area contributed by atoms with Crippen molar-refractivity contribution in [1.29, 1.82) is 0 Å². The molecule has 0 saturated carbocycles. The number of nitrogens with zero attached hydrogens (tertiary/aromatic N) is 1. The molecule has 1 aliphatic rings. The number of alkyl halides is 1. The molecule has 7 heavy (non-hydrogen) atoms. The van der Waals surface area contributed by atoms with Crippen LogP contribution in [0.15, 0.2) is 0 Å². The molecule has 0 aromatic carbocycles. The Morgan fingerprint density at radius 3 is 2.43 bits per heavy atom. The van der Waals surface area contributed by atoms with Gasteiger partial charge in [-0.3, -0.25) is 4.90 Å². The molecule has 1 fully saturated rings. The van der Waals surface area contributed by atoms with Crippen molar-refractivity contribution < 1.29 is 9.50 Å². The topological polar surface area (TPSA) is 23.5 Å². The van der Waals surface area contributed by atoms with Gasteiger partial charge in [0.1, 0.15) is 6.80 Å². The van der Waals surface area contributed by atoms with Crippen LogP contribution in [0.25, 0.3) is 0 Å². The predicted molar refractivity (Wildman–Crippen MR) is 23.6 cm³/mol. The van der Waals surface area contributed by atoms with Crippen LogP contribution in [0.2, 0.25) is 0 Å². The number of halogens is 1. The Hall–Kier alpha value is -0.150. The second-order valence-corrected chi connectivity index (χ2v) is 1.81. The van der Waals surface area contributed by atoms with Gasteiger partial charge in [-0.25, -0.2) is 4.39 Å². The number of likely N-dealkylation sites (tertiary alicyclic amines) is 1. The summed E-state index contributed by atoms with van der Waals surface area (Å²) in [4.78, 5) is 1.53. The van der Waals surface area contributed by atoms with Crippen LogP contribution in [-0.4, -0.2) is 36.0 Å². The summed E-state index contributed by atoms with van der Waals surface area (Å²) in [7, 11) is 0. The quantitative estimate of drug-likeness (QED) is 0.458. The van der Waals surface area contributed by atoms with Crippen molar-refractivity contribution in [2.75, 3.05) is 19.9 Å². The molecule has 1 saturated heterocycles. The highest BCUT2D eigenvalue weighted by Crippen LogP contribution is 2.04. The van der Waals surface area contributed by atoms with Crippen LogP contribution in [0.1, 0.15) is 0 Å². The molecule has 0 spiro atoms. The molecule has 42 valence electrons. The minimum absolute atomic E-state index is 0.268. The fourth-order valence-electron chi connectivity index (χ4n) is 0.640. The van der Waals surface area contributed by atoms with Crippen molar-refractivity contribution in [3.8, 4) is 0 Å². The molecule has 0 atom stereocenters. The van der Waals surface area contributed by atoms with Crippen LogP contribution in [0.3, 0.4) is 0 Å². The van der Waals surface area contributed by atoms with Crippen molar-refractivity contribution in [3.63, 3.8) is 0 Å². The maximum Gasteiger partial charge on any atom is 0.143 e. The van der Waals surface area contributed by atoms with Crippen LogP contribution in [0.4, 0.5) is 4.39 Å². The maximum atomic E-state index is 11.4. The van der Waals surface area contributed by atoms with Gasteiger partial charge in [0.15, 0.2) is 0 Å². The Morgan fingerprint density at radius 1 is 1.71 bits per heavy atom. The van der Waals surface area contributed by atoms with Crippen molar-refractivity contribution in [2.24, 2.45) is 0 Å². The summed E-state index contributed by atoms with van der Waals surface area (Å²) in [5.74, 6) is 0. The van der Waals surface area contributed by atoms with E-state index in [9.17, 15) is 4.39 Å². The first-order valence-corrected chi connectivity index (χ1v) is 2.29. The summed E-state index contributed by atoms with van der Waals surface area (Å²) in [6.45, 7) is 0.601. The Balaban J connectivity index is 2.06. The molecule has 3 heteroatoms. The Labute approximate surface area is 41.5 Å². The highest BCUT2D eigenvalue weighted by Gasteiger charge is 2.22. The Bertz CT molecular complexity index is 62.7. The van der Waals surface area contributed by atoms with Gasteiger partial charge >= 0.3 is 0 Å². The zero-order chi connectivity index (χ0) is 5.28. The molecule has 0 bridgehead atoms. The second kappa shape index (κ2) is 1.76. The minimum Gasteiger partial charge on any atom is -0.390 e. The molecule has 0 radical (unpaired) electrons. The summed E-state index contributed by atoms with van der Waals surface area (Å²) in [6, 6.07) is 0. The van der Waals surface area contributed by atoms with E-state index >= 15 is 0 Å². The zero-order valence-corrected chi connectivity index (χ0v) is 3.97. The molecule has 1 heterocycles. The van der Waals surface area contributed by atoms with Crippen LogP contribution in [0.5, 0.6) is 0 Å². The standard InChI is InChI=1S/C4H8FNO/c5-3-6-1-4(7)2-6/h4,7H,1-3H2. The summed E-state index contributed by atoms with van der Waals surface area (Å²) < 4.78 is 11.4. The number of hydrogen-bond donors (Lipinski definition) is 1. The van der Waals surface area contributed by atoms with Gasteiger partial charge in [0.2, 0.25) is 0 Å². The van der Waals surface area contributed by atoms with E-state index in [2.05, 4.69) is 0 Å². The molecule has 1 rings (SSSR count). The number of hydrogen-bond acceptors (Lipinski definition) is 2. The average molecular weight is 105 g/mol. The first-order chi connectivity index (χ1) is 3.33. The number of rotatable bonds is 1. The van der Waals surface area contributed by atoms with Gasteiger partial charge in [-0.15, -0.1) is 0 Å². The van der Waals surface area contributed by atoms with E-state index in [1.165, 1.54) is 4.90 Å². The monoisotopic (exact) mass is 105 g/mol. The lowest BCUT2D eigenvalue weighted by atomic mass is 10.2. The van der Waals surface area contributed by atoms with Crippen molar-refractivity contribution in [1.82, 2.24) is 4.90 Å². The van der Waals surface area contributed by atoms with Crippen LogP contribution < -0.4 is 0 Å². The largest absolute Gasteiger partial charge is 0.390 e. The second-order valence-electron chi connectivity index (χ2n) is 1.81.